The molecule has 0 spiro atoms. The predicted molar refractivity (Wildman–Crippen MR) is 62.4 cm³/mol. The molecule has 2 heteroatoms. The van der Waals surface area contributed by atoms with E-state index in [1.165, 1.54) is 32.1 Å². The van der Waals surface area contributed by atoms with Gasteiger partial charge >= 0.3 is 0 Å². The van der Waals surface area contributed by atoms with E-state index in [0.717, 1.165) is 5.69 Å². The van der Waals surface area contributed by atoms with Crippen molar-refractivity contribution in [2.45, 2.75) is 44.6 Å². The highest BCUT2D eigenvalue weighted by atomic mass is 14.8. The summed E-state index contributed by atoms with van der Waals surface area (Å²) in [6, 6.07) is 6.02. The van der Waals surface area contributed by atoms with Crippen molar-refractivity contribution in [2.75, 3.05) is 0 Å². The minimum absolute atomic E-state index is 0.248. The van der Waals surface area contributed by atoms with Crippen LogP contribution >= 0.6 is 0 Å². The zero-order chi connectivity index (χ0) is 10.7. The largest absolute Gasteiger partial charge is 0.320 e. The van der Waals surface area contributed by atoms with Crippen molar-refractivity contribution in [1.82, 2.24) is 4.98 Å². The molecule has 1 atom stereocenters. The van der Waals surface area contributed by atoms with Gasteiger partial charge in [0.2, 0.25) is 0 Å². The number of aromatic nitrogens is 1. The van der Waals surface area contributed by atoms with Crippen molar-refractivity contribution in [2.24, 2.45) is 11.7 Å². The van der Waals surface area contributed by atoms with Gasteiger partial charge in [-0.15, -0.1) is 0 Å². The first-order valence-corrected chi connectivity index (χ1v) is 5.91. The number of hydrogen-bond acceptors (Lipinski definition) is 2. The van der Waals surface area contributed by atoms with Gasteiger partial charge < -0.3 is 5.73 Å². The summed E-state index contributed by atoms with van der Waals surface area (Å²) in [5.74, 6) is 0.598. The second-order valence-electron chi connectivity index (χ2n) is 4.83. The van der Waals surface area contributed by atoms with Crippen molar-refractivity contribution in [3.8, 4) is 0 Å². The molecule has 1 fully saturated rings. The SMILES string of the molecule is C[C@@](N)(c1ccccn1)C1CCCCC1. The summed E-state index contributed by atoms with van der Waals surface area (Å²) in [6.07, 6.45) is 8.36. The summed E-state index contributed by atoms with van der Waals surface area (Å²) in [6.45, 7) is 2.13. The van der Waals surface area contributed by atoms with E-state index in [0.29, 0.717) is 5.92 Å². The summed E-state index contributed by atoms with van der Waals surface area (Å²) in [4.78, 5) is 4.40. The van der Waals surface area contributed by atoms with E-state index in [2.05, 4.69) is 18.0 Å². The van der Waals surface area contributed by atoms with Gasteiger partial charge in [0, 0.05) is 6.20 Å². The average molecular weight is 204 g/mol. The zero-order valence-electron chi connectivity index (χ0n) is 9.45. The highest BCUT2D eigenvalue weighted by molar-refractivity contribution is 5.15. The van der Waals surface area contributed by atoms with E-state index in [-0.39, 0.29) is 5.54 Å². The molecule has 0 saturated heterocycles. The highest BCUT2D eigenvalue weighted by Crippen LogP contribution is 2.36. The number of hydrogen-bond donors (Lipinski definition) is 1. The van der Waals surface area contributed by atoms with Gasteiger partial charge in [0.05, 0.1) is 11.2 Å². The molecule has 1 aliphatic carbocycles. The quantitative estimate of drug-likeness (QED) is 0.804. The second kappa shape index (κ2) is 4.31. The molecule has 0 radical (unpaired) electrons. The zero-order valence-corrected chi connectivity index (χ0v) is 9.45. The lowest BCUT2D eigenvalue weighted by Gasteiger charge is -2.36. The van der Waals surface area contributed by atoms with Gasteiger partial charge in [-0.3, -0.25) is 4.98 Å². The average Bonchev–Trinajstić information content (AvgIpc) is 2.31. The van der Waals surface area contributed by atoms with Crippen molar-refractivity contribution in [1.29, 1.82) is 0 Å². The fraction of sp³-hybridized carbons (Fsp3) is 0.615. The first-order valence-electron chi connectivity index (χ1n) is 5.91. The van der Waals surface area contributed by atoms with Crippen LogP contribution in [0.3, 0.4) is 0 Å². The van der Waals surface area contributed by atoms with Crippen LogP contribution in [0.5, 0.6) is 0 Å². The van der Waals surface area contributed by atoms with Crippen molar-refractivity contribution < 1.29 is 0 Å². The molecule has 15 heavy (non-hydrogen) atoms. The standard InChI is InChI=1S/C13H20N2/c1-13(14,11-7-3-2-4-8-11)12-9-5-6-10-15-12/h5-6,9-11H,2-4,7-8,14H2,1H3/t13-/m0/s1. The summed E-state index contributed by atoms with van der Waals surface area (Å²) in [7, 11) is 0. The first-order chi connectivity index (χ1) is 7.21. The van der Waals surface area contributed by atoms with E-state index < -0.39 is 0 Å². The Morgan fingerprint density at radius 3 is 2.60 bits per heavy atom. The molecule has 1 heterocycles. The predicted octanol–water partition coefficient (Wildman–Crippen LogP) is 2.84. The Balaban J connectivity index is 2.18. The maximum absolute atomic E-state index is 6.45. The van der Waals surface area contributed by atoms with Gasteiger partial charge in [-0.05, 0) is 37.8 Å². The Morgan fingerprint density at radius 1 is 1.27 bits per heavy atom. The summed E-state index contributed by atoms with van der Waals surface area (Å²) < 4.78 is 0. The van der Waals surface area contributed by atoms with Gasteiger partial charge in [0.1, 0.15) is 0 Å². The van der Waals surface area contributed by atoms with Gasteiger partial charge in [-0.2, -0.15) is 0 Å². The van der Waals surface area contributed by atoms with Gasteiger partial charge in [-0.1, -0.05) is 25.3 Å². The third-order valence-electron chi connectivity index (χ3n) is 3.67. The van der Waals surface area contributed by atoms with Crippen LogP contribution in [0.25, 0.3) is 0 Å². The maximum atomic E-state index is 6.45. The van der Waals surface area contributed by atoms with E-state index in [1.54, 1.807) is 0 Å². The first kappa shape index (κ1) is 10.6. The summed E-state index contributed by atoms with van der Waals surface area (Å²) in [5, 5.41) is 0. The molecule has 2 N–H and O–H groups in total. The molecule has 0 bridgehead atoms. The van der Waals surface area contributed by atoms with Crippen LogP contribution < -0.4 is 5.73 Å². The van der Waals surface area contributed by atoms with E-state index in [1.807, 2.05) is 18.3 Å². The number of pyridine rings is 1. The van der Waals surface area contributed by atoms with Gasteiger partial charge in [0.25, 0.3) is 0 Å². The fourth-order valence-corrected chi connectivity index (χ4v) is 2.59. The normalized spacial score (nSPS) is 22.3. The van der Waals surface area contributed by atoms with Crippen LogP contribution in [0.1, 0.15) is 44.7 Å². The molecule has 82 valence electrons. The van der Waals surface area contributed by atoms with Crippen LogP contribution in [0.4, 0.5) is 0 Å². The lowest BCUT2D eigenvalue weighted by molar-refractivity contribution is 0.219. The molecular weight excluding hydrogens is 184 g/mol. The summed E-state index contributed by atoms with van der Waals surface area (Å²) in [5.41, 5.74) is 7.24. The van der Waals surface area contributed by atoms with Gasteiger partial charge in [-0.25, -0.2) is 0 Å². The van der Waals surface area contributed by atoms with E-state index in [4.69, 9.17) is 5.73 Å². The molecule has 0 aromatic carbocycles. The highest BCUT2D eigenvalue weighted by Gasteiger charge is 2.33. The van der Waals surface area contributed by atoms with E-state index in [9.17, 15) is 0 Å². The van der Waals surface area contributed by atoms with Crippen LogP contribution in [0.15, 0.2) is 24.4 Å². The van der Waals surface area contributed by atoms with E-state index >= 15 is 0 Å². The van der Waals surface area contributed by atoms with Crippen LogP contribution in [-0.2, 0) is 5.54 Å². The van der Waals surface area contributed by atoms with Crippen LogP contribution in [0.2, 0.25) is 0 Å². The number of nitrogens with two attached hydrogens (primary N) is 1. The van der Waals surface area contributed by atoms with Crippen molar-refractivity contribution in [3.05, 3.63) is 30.1 Å². The Morgan fingerprint density at radius 2 is 2.00 bits per heavy atom. The maximum Gasteiger partial charge on any atom is 0.0602 e. The third kappa shape index (κ3) is 2.20. The number of nitrogens with zero attached hydrogens (tertiary/aromatic N) is 1. The lowest BCUT2D eigenvalue weighted by Crippen LogP contribution is -2.42. The minimum atomic E-state index is -0.248. The van der Waals surface area contributed by atoms with Crippen molar-refractivity contribution >= 4 is 0 Å². The lowest BCUT2D eigenvalue weighted by atomic mass is 9.74. The smallest absolute Gasteiger partial charge is 0.0602 e. The van der Waals surface area contributed by atoms with Crippen LogP contribution in [0, 0.1) is 5.92 Å². The molecule has 1 aromatic heterocycles. The Hall–Kier alpha value is -0.890. The summed E-state index contributed by atoms with van der Waals surface area (Å²) >= 11 is 0. The molecule has 0 amide bonds. The Bertz CT molecular complexity index is 300. The van der Waals surface area contributed by atoms with Crippen molar-refractivity contribution in [3.63, 3.8) is 0 Å². The second-order valence-corrected chi connectivity index (χ2v) is 4.83. The minimum Gasteiger partial charge on any atom is -0.320 e. The molecule has 1 saturated carbocycles. The van der Waals surface area contributed by atoms with Crippen LogP contribution in [-0.4, -0.2) is 4.98 Å². The molecule has 1 aromatic rings. The number of rotatable bonds is 2. The fourth-order valence-electron chi connectivity index (χ4n) is 2.59. The molecule has 2 rings (SSSR count). The Kier molecular flexibility index (Phi) is 3.06. The molecular formula is C13H20N2. The Labute approximate surface area is 91.9 Å². The monoisotopic (exact) mass is 204 g/mol. The molecule has 0 unspecified atom stereocenters. The molecule has 2 nitrogen and oxygen atoms in total. The molecule has 1 aliphatic rings. The van der Waals surface area contributed by atoms with Gasteiger partial charge in [0.15, 0.2) is 0 Å². The third-order valence-corrected chi connectivity index (χ3v) is 3.67. The topological polar surface area (TPSA) is 38.9 Å². The molecule has 0 aliphatic heterocycles.